The second-order valence-corrected chi connectivity index (χ2v) is 4.80. The first-order valence-corrected chi connectivity index (χ1v) is 6.81. The van der Waals surface area contributed by atoms with Gasteiger partial charge in [-0.25, -0.2) is 0 Å². The lowest BCUT2D eigenvalue weighted by Crippen LogP contribution is -2.25. The third-order valence-electron chi connectivity index (χ3n) is 2.95. The maximum atomic E-state index is 11.9. The van der Waals surface area contributed by atoms with Crippen molar-refractivity contribution in [1.29, 1.82) is 0 Å². The number of carboxylic acids is 1. The van der Waals surface area contributed by atoms with Crippen LogP contribution >= 0.6 is 0 Å². The number of hydrogen-bond donors (Lipinski definition) is 2. The molecule has 0 unspecified atom stereocenters. The first-order chi connectivity index (χ1) is 9.50. The van der Waals surface area contributed by atoms with Crippen LogP contribution < -0.4 is 5.32 Å². The molecule has 0 aliphatic heterocycles. The number of nitrogens with one attached hydrogen (secondary N) is 1. The lowest BCUT2D eigenvalue weighted by molar-refractivity contribution is -0.137. The topological polar surface area (TPSA) is 92.2 Å². The Hall–Kier alpha value is -1.98. The van der Waals surface area contributed by atoms with Crippen molar-refractivity contribution in [3.05, 3.63) is 23.0 Å². The van der Waals surface area contributed by atoms with Gasteiger partial charge < -0.3 is 10.4 Å². The summed E-state index contributed by atoms with van der Waals surface area (Å²) in [6.07, 6.45) is 3.54. The van der Waals surface area contributed by atoms with Gasteiger partial charge in [0.1, 0.15) is 0 Å². The normalized spacial score (nSPS) is 10.3. The Kier molecular flexibility index (Phi) is 6.63. The maximum Gasteiger partial charge on any atom is 0.303 e. The van der Waals surface area contributed by atoms with Crippen LogP contribution in [0.15, 0.2) is 6.07 Å². The van der Waals surface area contributed by atoms with Gasteiger partial charge in [-0.1, -0.05) is 12.8 Å². The highest BCUT2D eigenvalue weighted by Gasteiger charge is 2.10. The smallest absolute Gasteiger partial charge is 0.303 e. The first kappa shape index (κ1) is 16.1. The molecule has 0 aliphatic carbocycles. The zero-order valence-electron chi connectivity index (χ0n) is 12.0. The largest absolute Gasteiger partial charge is 0.481 e. The summed E-state index contributed by atoms with van der Waals surface area (Å²) in [4.78, 5) is 22.3. The van der Waals surface area contributed by atoms with Crippen molar-refractivity contribution >= 4 is 11.9 Å². The monoisotopic (exact) mass is 279 g/mol. The van der Waals surface area contributed by atoms with E-state index in [9.17, 15) is 9.59 Å². The van der Waals surface area contributed by atoms with E-state index >= 15 is 0 Å². The molecule has 6 heteroatoms. The molecule has 1 aromatic rings. The van der Waals surface area contributed by atoms with E-state index in [1.807, 2.05) is 0 Å². The molecule has 0 aliphatic rings. The summed E-state index contributed by atoms with van der Waals surface area (Å²) in [5.41, 5.74) is 1.90. The number of rotatable bonds is 8. The molecule has 1 heterocycles. The van der Waals surface area contributed by atoms with E-state index < -0.39 is 5.97 Å². The highest BCUT2D eigenvalue weighted by Crippen LogP contribution is 2.06. The number of aliphatic carboxylic acids is 1. The van der Waals surface area contributed by atoms with Crippen molar-refractivity contribution in [1.82, 2.24) is 15.5 Å². The van der Waals surface area contributed by atoms with Crippen molar-refractivity contribution in [2.75, 3.05) is 6.54 Å². The van der Waals surface area contributed by atoms with Gasteiger partial charge in [0.05, 0.1) is 17.0 Å². The number of aryl methyl sites for hydroxylation is 2. The fraction of sp³-hybridized carbons (Fsp3) is 0.571. The van der Waals surface area contributed by atoms with Crippen LogP contribution in [0, 0.1) is 13.8 Å². The third-order valence-corrected chi connectivity index (χ3v) is 2.95. The number of amides is 1. The number of hydrogen-bond acceptors (Lipinski definition) is 4. The molecule has 110 valence electrons. The molecule has 1 amide bonds. The summed E-state index contributed by atoms with van der Waals surface area (Å²) in [5, 5.41) is 19.1. The van der Waals surface area contributed by atoms with E-state index in [2.05, 4.69) is 15.5 Å². The van der Waals surface area contributed by atoms with Gasteiger partial charge in [-0.2, -0.15) is 10.2 Å². The minimum atomic E-state index is -0.755. The molecular weight excluding hydrogens is 258 g/mol. The van der Waals surface area contributed by atoms with Crippen LogP contribution in [0.25, 0.3) is 0 Å². The highest BCUT2D eigenvalue weighted by molar-refractivity contribution is 5.95. The Balaban J connectivity index is 2.23. The predicted octanol–water partition coefficient (Wildman–Crippen LogP) is 1.86. The van der Waals surface area contributed by atoms with Crippen molar-refractivity contribution in [2.45, 2.75) is 46.0 Å². The number of unbranched alkanes of at least 4 members (excludes halogenated alkanes) is 3. The van der Waals surface area contributed by atoms with Crippen LogP contribution in [0.3, 0.4) is 0 Å². The van der Waals surface area contributed by atoms with Crippen LogP contribution in [-0.4, -0.2) is 33.7 Å². The van der Waals surface area contributed by atoms with Gasteiger partial charge in [0.25, 0.3) is 5.91 Å². The zero-order valence-corrected chi connectivity index (χ0v) is 12.0. The summed E-state index contributed by atoms with van der Waals surface area (Å²) < 4.78 is 0. The number of carboxylic acid groups (broad SMARTS) is 1. The van der Waals surface area contributed by atoms with Gasteiger partial charge >= 0.3 is 5.97 Å². The summed E-state index contributed by atoms with van der Waals surface area (Å²) in [6.45, 7) is 4.14. The fourth-order valence-electron chi connectivity index (χ4n) is 1.83. The summed E-state index contributed by atoms with van der Waals surface area (Å²) in [7, 11) is 0. The van der Waals surface area contributed by atoms with Crippen LogP contribution in [0.2, 0.25) is 0 Å². The van der Waals surface area contributed by atoms with E-state index in [0.717, 1.165) is 25.0 Å². The van der Waals surface area contributed by atoms with Crippen LogP contribution in [0.1, 0.15) is 53.8 Å². The van der Waals surface area contributed by atoms with E-state index in [0.29, 0.717) is 24.2 Å². The molecule has 1 rings (SSSR count). The van der Waals surface area contributed by atoms with Crippen molar-refractivity contribution in [3.8, 4) is 0 Å². The van der Waals surface area contributed by atoms with Gasteiger partial charge in [-0.3, -0.25) is 9.59 Å². The molecule has 0 radical (unpaired) electrons. The van der Waals surface area contributed by atoms with E-state index in [4.69, 9.17) is 5.11 Å². The SMILES string of the molecule is Cc1cc(C(=O)NCCCCCCC(=O)O)c(C)nn1. The third kappa shape index (κ3) is 5.77. The molecule has 0 spiro atoms. The predicted molar refractivity (Wildman–Crippen MR) is 74.6 cm³/mol. The number of carbonyl (C=O) groups is 2. The maximum absolute atomic E-state index is 11.9. The molecule has 0 atom stereocenters. The van der Waals surface area contributed by atoms with E-state index in [1.54, 1.807) is 19.9 Å². The standard InChI is InChI=1S/C14H21N3O3/c1-10-9-12(11(2)17-16-10)14(20)15-8-6-4-3-5-7-13(18)19/h9H,3-8H2,1-2H3,(H,15,20)(H,18,19). The Labute approximate surface area is 118 Å². The van der Waals surface area contributed by atoms with E-state index in [-0.39, 0.29) is 12.3 Å². The van der Waals surface area contributed by atoms with Gasteiger partial charge in [-0.05, 0) is 32.8 Å². The van der Waals surface area contributed by atoms with Crippen molar-refractivity contribution in [2.24, 2.45) is 0 Å². The van der Waals surface area contributed by atoms with Crippen molar-refractivity contribution < 1.29 is 14.7 Å². The molecule has 0 bridgehead atoms. The fourth-order valence-corrected chi connectivity index (χ4v) is 1.83. The second kappa shape index (κ2) is 8.24. The van der Waals surface area contributed by atoms with Gasteiger partial charge in [0.15, 0.2) is 0 Å². The molecule has 0 fully saturated rings. The minimum Gasteiger partial charge on any atom is -0.481 e. The summed E-state index contributed by atoms with van der Waals surface area (Å²) in [6, 6.07) is 1.73. The summed E-state index contributed by atoms with van der Waals surface area (Å²) >= 11 is 0. The van der Waals surface area contributed by atoms with Crippen LogP contribution in [0.4, 0.5) is 0 Å². The number of nitrogens with zero attached hydrogens (tertiary/aromatic N) is 2. The van der Waals surface area contributed by atoms with Gasteiger partial charge in [0.2, 0.25) is 0 Å². The average Bonchev–Trinajstić information content (AvgIpc) is 2.39. The Morgan fingerprint density at radius 3 is 2.55 bits per heavy atom. The molecule has 0 saturated carbocycles. The average molecular weight is 279 g/mol. The lowest BCUT2D eigenvalue weighted by Gasteiger charge is -2.07. The highest BCUT2D eigenvalue weighted by atomic mass is 16.4. The Morgan fingerprint density at radius 2 is 1.85 bits per heavy atom. The lowest BCUT2D eigenvalue weighted by atomic mass is 10.1. The zero-order chi connectivity index (χ0) is 15.0. The number of aromatic nitrogens is 2. The van der Waals surface area contributed by atoms with E-state index in [1.165, 1.54) is 0 Å². The van der Waals surface area contributed by atoms with Gasteiger partial charge in [0, 0.05) is 13.0 Å². The Bertz CT molecular complexity index is 475. The Morgan fingerprint density at radius 1 is 1.15 bits per heavy atom. The molecular formula is C14H21N3O3. The van der Waals surface area contributed by atoms with Crippen LogP contribution in [-0.2, 0) is 4.79 Å². The molecule has 0 saturated heterocycles. The van der Waals surface area contributed by atoms with Crippen LogP contribution in [0.5, 0.6) is 0 Å². The van der Waals surface area contributed by atoms with Gasteiger partial charge in [-0.15, -0.1) is 0 Å². The second-order valence-electron chi connectivity index (χ2n) is 4.80. The molecule has 2 N–H and O–H groups in total. The molecule has 20 heavy (non-hydrogen) atoms. The molecule has 0 aromatic carbocycles. The van der Waals surface area contributed by atoms with Crippen molar-refractivity contribution in [3.63, 3.8) is 0 Å². The first-order valence-electron chi connectivity index (χ1n) is 6.81. The molecule has 1 aromatic heterocycles. The quantitative estimate of drug-likeness (QED) is 0.708. The summed E-state index contributed by atoms with van der Waals surface area (Å²) in [5.74, 6) is -0.889. The minimum absolute atomic E-state index is 0.133. The molecule has 6 nitrogen and oxygen atoms in total. The number of carbonyl (C=O) groups excluding carboxylic acids is 1.